The number of hydrogen-bond acceptors (Lipinski definition) is 5. The minimum atomic E-state index is -0.485. The van der Waals surface area contributed by atoms with Gasteiger partial charge in [0.05, 0.1) is 12.2 Å². The molecule has 2 amide bonds. The van der Waals surface area contributed by atoms with Crippen molar-refractivity contribution in [1.29, 1.82) is 0 Å². The smallest absolute Gasteiger partial charge is 0.276 e. The lowest BCUT2D eigenvalue weighted by Gasteiger charge is -2.12. The number of carbonyl (C=O) groups is 2. The van der Waals surface area contributed by atoms with Gasteiger partial charge in [0, 0.05) is 6.61 Å². The molecule has 0 aromatic heterocycles. The van der Waals surface area contributed by atoms with Crippen LogP contribution in [0.3, 0.4) is 0 Å². The highest BCUT2D eigenvalue weighted by Gasteiger charge is 2.13. The van der Waals surface area contributed by atoms with E-state index in [1.807, 2.05) is 43.3 Å². The highest BCUT2D eigenvalue weighted by atomic mass is 16.5. The van der Waals surface area contributed by atoms with Crippen LogP contribution in [0.1, 0.15) is 17.3 Å². The molecule has 0 atom stereocenters. The quantitative estimate of drug-likeness (QED) is 0.420. The van der Waals surface area contributed by atoms with E-state index in [0.717, 1.165) is 10.8 Å². The van der Waals surface area contributed by atoms with E-state index in [4.69, 9.17) is 14.2 Å². The Balaban J connectivity index is 1.48. The van der Waals surface area contributed by atoms with Gasteiger partial charge in [-0.25, -0.2) is 0 Å². The molecule has 7 heteroatoms. The lowest BCUT2D eigenvalue weighted by Crippen LogP contribution is -2.43. The highest BCUT2D eigenvalue weighted by molar-refractivity contribution is 5.97. The molecule has 3 rings (SSSR count). The zero-order valence-corrected chi connectivity index (χ0v) is 16.7. The Kier molecular flexibility index (Phi) is 7.63. The van der Waals surface area contributed by atoms with Crippen LogP contribution < -0.4 is 20.3 Å². The molecular weight excluding hydrogens is 384 g/mol. The van der Waals surface area contributed by atoms with Crippen molar-refractivity contribution in [2.45, 2.75) is 6.92 Å². The van der Waals surface area contributed by atoms with E-state index in [0.29, 0.717) is 36.9 Å². The Labute approximate surface area is 174 Å². The average molecular weight is 408 g/mol. The van der Waals surface area contributed by atoms with Gasteiger partial charge in [-0.15, -0.1) is 0 Å². The summed E-state index contributed by atoms with van der Waals surface area (Å²) in [7, 11) is 0. The van der Waals surface area contributed by atoms with E-state index >= 15 is 0 Å². The van der Waals surface area contributed by atoms with Crippen molar-refractivity contribution in [3.8, 4) is 11.5 Å². The van der Waals surface area contributed by atoms with Gasteiger partial charge in [0.25, 0.3) is 11.8 Å². The first-order chi connectivity index (χ1) is 14.7. The van der Waals surface area contributed by atoms with Crippen LogP contribution in [-0.2, 0) is 9.53 Å². The van der Waals surface area contributed by atoms with Crippen LogP contribution in [-0.4, -0.2) is 38.2 Å². The molecule has 3 aromatic rings. The van der Waals surface area contributed by atoms with Crippen LogP contribution in [0.15, 0.2) is 66.7 Å². The van der Waals surface area contributed by atoms with Crippen LogP contribution in [0.4, 0.5) is 0 Å². The molecule has 0 fully saturated rings. The van der Waals surface area contributed by atoms with Crippen LogP contribution >= 0.6 is 0 Å². The molecule has 0 saturated carbocycles. The van der Waals surface area contributed by atoms with Crippen molar-refractivity contribution >= 4 is 22.6 Å². The molecular formula is C23H24N2O5. The van der Waals surface area contributed by atoms with E-state index in [2.05, 4.69) is 10.9 Å². The SMILES string of the molecule is CCOCCOc1ccccc1C(=O)NNC(=O)COc1ccc2ccccc2c1. The predicted molar refractivity (Wildman–Crippen MR) is 113 cm³/mol. The normalized spacial score (nSPS) is 10.4. The zero-order chi connectivity index (χ0) is 21.2. The summed E-state index contributed by atoms with van der Waals surface area (Å²) in [5.41, 5.74) is 5.04. The van der Waals surface area contributed by atoms with Crippen LogP contribution in [0.25, 0.3) is 10.8 Å². The summed E-state index contributed by atoms with van der Waals surface area (Å²) in [6, 6.07) is 20.2. The molecule has 0 aliphatic rings. The second kappa shape index (κ2) is 10.8. The number of hydrazine groups is 1. The summed E-state index contributed by atoms with van der Waals surface area (Å²) >= 11 is 0. The van der Waals surface area contributed by atoms with Crippen molar-refractivity contribution < 1.29 is 23.8 Å². The second-order valence-corrected chi connectivity index (χ2v) is 6.34. The molecule has 0 aliphatic carbocycles. The summed E-state index contributed by atoms with van der Waals surface area (Å²) in [6.07, 6.45) is 0. The summed E-state index contributed by atoms with van der Waals surface area (Å²) in [5.74, 6) is 0.0203. The zero-order valence-electron chi connectivity index (χ0n) is 16.7. The lowest BCUT2D eigenvalue weighted by atomic mass is 10.1. The molecule has 3 aromatic carbocycles. The first-order valence-electron chi connectivity index (χ1n) is 9.67. The maximum atomic E-state index is 12.4. The Morgan fingerprint density at radius 2 is 1.60 bits per heavy atom. The summed E-state index contributed by atoms with van der Waals surface area (Å²) in [5, 5.41) is 2.10. The topological polar surface area (TPSA) is 85.9 Å². The largest absolute Gasteiger partial charge is 0.490 e. The molecule has 2 N–H and O–H groups in total. The molecule has 156 valence electrons. The minimum absolute atomic E-state index is 0.231. The van der Waals surface area contributed by atoms with Gasteiger partial charge in [0.1, 0.15) is 18.1 Å². The molecule has 0 saturated heterocycles. The monoisotopic (exact) mass is 408 g/mol. The maximum absolute atomic E-state index is 12.4. The molecule has 0 heterocycles. The molecule has 0 spiro atoms. The predicted octanol–water partition coefficient (Wildman–Crippen LogP) is 3.10. The van der Waals surface area contributed by atoms with Gasteiger partial charge in [-0.1, -0.05) is 42.5 Å². The van der Waals surface area contributed by atoms with E-state index in [1.54, 1.807) is 30.3 Å². The van der Waals surface area contributed by atoms with Gasteiger partial charge in [-0.05, 0) is 42.0 Å². The number of carbonyl (C=O) groups excluding carboxylic acids is 2. The number of benzene rings is 3. The van der Waals surface area contributed by atoms with Crippen molar-refractivity contribution in [3.63, 3.8) is 0 Å². The number of rotatable bonds is 9. The van der Waals surface area contributed by atoms with Gasteiger partial charge in [0.15, 0.2) is 6.61 Å². The first kappa shape index (κ1) is 21.1. The van der Waals surface area contributed by atoms with E-state index < -0.39 is 11.8 Å². The fraction of sp³-hybridized carbons (Fsp3) is 0.217. The Morgan fingerprint density at radius 3 is 2.43 bits per heavy atom. The lowest BCUT2D eigenvalue weighted by molar-refractivity contribution is -0.123. The molecule has 0 aliphatic heterocycles. The maximum Gasteiger partial charge on any atom is 0.276 e. The Morgan fingerprint density at radius 1 is 0.833 bits per heavy atom. The van der Waals surface area contributed by atoms with Gasteiger partial charge < -0.3 is 14.2 Å². The van der Waals surface area contributed by atoms with Crippen molar-refractivity contribution in [2.24, 2.45) is 0 Å². The van der Waals surface area contributed by atoms with Crippen molar-refractivity contribution in [3.05, 3.63) is 72.3 Å². The van der Waals surface area contributed by atoms with E-state index in [9.17, 15) is 9.59 Å². The van der Waals surface area contributed by atoms with Crippen LogP contribution in [0.5, 0.6) is 11.5 Å². The van der Waals surface area contributed by atoms with Gasteiger partial charge >= 0.3 is 0 Å². The van der Waals surface area contributed by atoms with Gasteiger partial charge in [-0.2, -0.15) is 0 Å². The average Bonchev–Trinajstić information content (AvgIpc) is 2.79. The third-order valence-electron chi connectivity index (χ3n) is 4.23. The number of hydrogen-bond donors (Lipinski definition) is 2. The summed E-state index contributed by atoms with van der Waals surface area (Å²) in [6.45, 7) is 3.01. The second-order valence-electron chi connectivity index (χ2n) is 6.34. The molecule has 0 unspecified atom stereocenters. The number of ether oxygens (including phenoxy) is 3. The van der Waals surface area contributed by atoms with Crippen molar-refractivity contribution in [2.75, 3.05) is 26.4 Å². The summed E-state index contributed by atoms with van der Waals surface area (Å²) < 4.78 is 16.3. The standard InChI is InChI=1S/C23H24N2O5/c1-2-28-13-14-29-21-10-6-5-9-20(21)23(27)25-24-22(26)16-30-19-12-11-17-7-3-4-8-18(17)15-19/h3-12,15H,2,13-14,16H2,1H3,(H,24,26)(H,25,27). The molecule has 30 heavy (non-hydrogen) atoms. The number of amides is 2. The van der Waals surface area contributed by atoms with Gasteiger partial charge in [-0.3, -0.25) is 20.4 Å². The number of nitrogens with one attached hydrogen (secondary N) is 2. The number of fused-ring (bicyclic) bond motifs is 1. The van der Waals surface area contributed by atoms with Crippen LogP contribution in [0.2, 0.25) is 0 Å². The minimum Gasteiger partial charge on any atom is -0.490 e. The third kappa shape index (κ3) is 5.96. The van der Waals surface area contributed by atoms with Gasteiger partial charge in [0.2, 0.25) is 0 Å². The Bertz CT molecular complexity index is 1010. The highest BCUT2D eigenvalue weighted by Crippen LogP contribution is 2.20. The number of para-hydroxylation sites is 1. The van der Waals surface area contributed by atoms with E-state index in [1.165, 1.54) is 0 Å². The van der Waals surface area contributed by atoms with Crippen LogP contribution in [0, 0.1) is 0 Å². The molecule has 7 nitrogen and oxygen atoms in total. The third-order valence-corrected chi connectivity index (χ3v) is 4.23. The van der Waals surface area contributed by atoms with Crippen molar-refractivity contribution in [1.82, 2.24) is 10.9 Å². The molecule has 0 radical (unpaired) electrons. The molecule has 0 bridgehead atoms. The fourth-order valence-electron chi connectivity index (χ4n) is 2.77. The van der Waals surface area contributed by atoms with E-state index in [-0.39, 0.29) is 6.61 Å². The summed E-state index contributed by atoms with van der Waals surface area (Å²) in [4.78, 5) is 24.4. The fourth-order valence-corrected chi connectivity index (χ4v) is 2.77. The Hall–Kier alpha value is -3.58. The first-order valence-corrected chi connectivity index (χ1v) is 9.67.